The van der Waals surface area contributed by atoms with Crippen molar-refractivity contribution in [3.05, 3.63) is 94.0 Å². The Balaban J connectivity index is 1.82. The third-order valence-electron chi connectivity index (χ3n) is 5.01. The van der Waals surface area contributed by atoms with Gasteiger partial charge in [-0.25, -0.2) is 8.42 Å². The molecule has 3 aromatic rings. The molecular formula is C24H24Cl2N2O4S. The molecule has 0 heterocycles. The SMILES string of the molecule is COc1ccc([C@H](C)NC(=O)CN(Cc2cccc(Cl)c2)S(=O)(=O)c2ccc(Cl)cc2)cc1. The Morgan fingerprint density at radius 3 is 2.27 bits per heavy atom. The van der Waals surface area contributed by atoms with Crippen LogP contribution >= 0.6 is 23.2 Å². The van der Waals surface area contributed by atoms with Crippen LogP contribution in [0.5, 0.6) is 5.75 Å². The fraction of sp³-hybridized carbons (Fsp3) is 0.208. The van der Waals surface area contributed by atoms with Crippen LogP contribution in [0, 0.1) is 0 Å². The number of nitrogens with one attached hydrogen (secondary N) is 1. The van der Waals surface area contributed by atoms with E-state index in [-0.39, 0.29) is 24.0 Å². The van der Waals surface area contributed by atoms with E-state index in [4.69, 9.17) is 27.9 Å². The molecule has 174 valence electrons. The van der Waals surface area contributed by atoms with E-state index in [1.165, 1.54) is 24.3 Å². The number of ether oxygens (including phenoxy) is 1. The molecule has 3 aromatic carbocycles. The Labute approximate surface area is 204 Å². The van der Waals surface area contributed by atoms with E-state index in [1.54, 1.807) is 43.5 Å². The topological polar surface area (TPSA) is 75.7 Å². The molecule has 9 heteroatoms. The summed E-state index contributed by atoms with van der Waals surface area (Å²) in [5, 5.41) is 3.76. The highest BCUT2D eigenvalue weighted by molar-refractivity contribution is 7.89. The third kappa shape index (κ3) is 6.71. The van der Waals surface area contributed by atoms with Gasteiger partial charge in [0.2, 0.25) is 15.9 Å². The molecule has 1 N–H and O–H groups in total. The average molecular weight is 507 g/mol. The van der Waals surface area contributed by atoms with Crippen LogP contribution in [0.15, 0.2) is 77.7 Å². The van der Waals surface area contributed by atoms with Gasteiger partial charge in [-0.1, -0.05) is 47.5 Å². The summed E-state index contributed by atoms with van der Waals surface area (Å²) in [7, 11) is -2.40. The molecular weight excluding hydrogens is 483 g/mol. The van der Waals surface area contributed by atoms with Gasteiger partial charge in [0.1, 0.15) is 5.75 Å². The second kappa shape index (κ2) is 11.0. The monoisotopic (exact) mass is 506 g/mol. The number of rotatable bonds is 9. The van der Waals surface area contributed by atoms with Crippen molar-refractivity contribution in [1.82, 2.24) is 9.62 Å². The predicted molar refractivity (Wildman–Crippen MR) is 130 cm³/mol. The number of carbonyl (C=O) groups is 1. The fourth-order valence-corrected chi connectivity index (χ4v) is 4.97. The highest BCUT2D eigenvalue weighted by Gasteiger charge is 2.27. The van der Waals surface area contributed by atoms with Crippen molar-refractivity contribution in [3.8, 4) is 5.75 Å². The summed E-state index contributed by atoms with van der Waals surface area (Å²) in [4.78, 5) is 12.9. The Morgan fingerprint density at radius 1 is 1.00 bits per heavy atom. The number of hydrogen-bond acceptors (Lipinski definition) is 4. The average Bonchev–Trinajstić information content (AvgIpc) is 2.79. The summed E-state index contributed by atoms with van der Waals surface area (Å²) < 4.78 is 33.0. The summed E-state index contributed by atoms with van der Waals surface area (Å²) in [5.74, 6) is 0.275. The van der Waals surface area contributed by atoms with Crippen molar-refractivity contribution in [3.63, 3.8) is 0 Å². The molecule has 0 radical (unpaired) electrons. The van der Waals surface area contributed by atoms with Gasteiger partial charge in [0.15, 0.2) is 0 Å². The normalized spacial score (nSPS) is 12.4. The lowest BCUT2D eigenvalue weighted by Gasteiger charge is -2.23. The molecule has 0 bridgehead atoms. The van der Waals surface area contributed by atoms with Crippen molar-refractivity contribution in [2.24, 2.45) is 0 Å². The molecule has 1 amide bonds. The minimum absolute atomic E-state index is 0.0180. The highest BCUT2D eigenvalue weighted by Crippen LogP contribution is 2.22. The molecule has 3 rings (SSSR count). The lowest BCUT2D eigenvalue weighted by molar-refractivity contribution is -0.122. The summed E-state index contributed by atoms with van der Waals surface area (Å²) >= 11 is 12.0. The van der Waals surface area contributed by atoms with Crippen molar-refractivity contribution < 1.29 is 17.9 Å². The zero-order chi connectivity index (χ0) is 24.0. The second-order valence-electron chi connectivity index (χ2n) is 7.42. The number of halogens is 2. The van der Waals surface area contributed by atoms with E-state index in [0.717, 1.165) is 9.87 Å². The molecule has 0 aliphatic carbocycles. The van der Waals surface area contributed by atoms with E-state index in [0.29, 0.717) is 21.4 Å². The van der Waals surface area contributed by atoms with E-state index in [1.807, 2.05) is 19.1 Å². The summed E-state index contributed by atoms with van der Waals surface area (Å²) in [5.41, 5.74) is 1.53. The zero-order valence-corrected chi connectivity index (χ0v) is 20.5. The fourth-order valence-electron chi connectivity index (χ4n) is 3.24. The number of nitrogens with zero attached hydrogens (tertiary/aromatic N) is 1. The van der Waals surface area contributed by atoms with Crippen molar-refractivity contribution in [2.45, 2.75) is 24.4 Å². The highest BCUT2D eigenvalue weighted by atomic mass is 35.5. The molecule has 0 saturated heterocycles. The van der Waals surface area contributed by atoms with Gasteiger partial charge < -0.3 is 10.1 Å². The number of amides is 1. The van der Waals surface area contributed by atoms with Gasteiger partial charge >= 0.3 is 0 Å². The molecule has 0 aromatic heterocycles. The maximum Gasteiger partial charge on any atom is 0.243 e. The zero-order valence-electron chi connectivity index (χ0n) is 18.2. The maximum atomic E-state index is 13.4. The van der Waals surface area contributed by atoms with Crippen molar-refractivity contribution in [1.29, 1.82) is 0 Å². The maximum absolute atomic E-state index is 13.4. The summed E-state index contributed by atoms with van der Waals surface area (Å²) in [6.07, 6.45) is 0. The Hall–Kier alpha value is -2.58. The van der Waals surface area contributed by atoms with Crippen LogP contribution in [0.4, 0.5) is 0 Å². The Morgan fingerprint density at radius 2 is 1.67 bits per heavy atom. The van der Waals surface area contributed by atoms with Gasteiger partial charge in [-0.05, 0) is 66.6 Å². The van der Waals surface area contributed by atoms with Crippen LogP contribution in [-0.4, -0.2) is 32.3 Å². The van der Waals surface area contributed by atoms with Crippen molar-refractivity contribution in [2.75, 3.05) is 13.7 Å². The first-order valence-electron chi connectivity index (χ1n) is 10.1. The van der Waals surface area contributed by atoms with Crippen molar-refractivity contribution >= 4 is 39.1 Å². The molecule has 0 aliphatic rings. The van der Waals surface area contributed by atoms with Crippen LogP contribution < -0.4 is 10.1 Å². The molecule has 0 aliphatic heterocycles. The van der Waals surface area contributed by atoms with Gasteiger partial charge in [0, 0.05) is 16.6 Å². The number of hydrogen-bond donors (Lipinski definition) is 1. The van der Waals surface area contributed by atoms with Crippen LogP contribution in [0.2, 0.25) is 10.0 Å². The predicted octanol–water partition coefficient (Wildman–Crippen LogP) is 5.07. The van der Waals surface area contributed by atoms with E-state index < -0.39 is 15.9 Å². The van der Waals surface area contributed by atoms with Gasteiger partial charge in [-0.3, -0.25) is 4.79 Å². The van der Waals surface area contributed by atoms with Crippen LogP contribution in [0.25, 0.3) is 0 Å². The van der Waals surface area contributed by atoms with E-state index in [2.05, 4.69) is 5.32 Å². The van der Waals surface area contributed by atoms with E-state index in [9.17, 15) is 13.2 Å². The third-order valence-corrected chi connectivity index (χ3v) is 7.31. The lowest BCUT2D eigenvalue weighted by Crippen LogP contribution is -2.41. The molecule has 0 unspecified atom stereocenters. The Bertz CT molecular complexity index is 1200. The summed E-state index contributed by atoms with van der Waals surface area (Å²) in [6, 6.07) is 19.7. The van der Waals surface area contributed by atoms with E-state index >= 15 is 0 Å². The summed E-state index contributed by atoms with van der Waals surface area (Å²) in [6.45, 7) is 1.45. The first kappa shape index (κ1) is 25.1. The number of benzene rings is 3. The molecule has 0 spiro atoms. The largest absolute Gasteiger partial charge is 0.497 e. The van der Waals surface area contributed by atoms with Crippen LogP contribution in [-0.2, 0) is 21.4 Å². The van der Waals surface area contributed by atoms with Gasteiger partial charge in [-0.2, -0.15) is 4.31 Å². The molecule has 6 nitrogen and oxygen atoms in total. The standard InChI is InChI=1S/C24H24Cl2N2O4S/c1-17(19-6-10-22(32-2)11-7-19)27-24(29)16-28(15-18-4-3-5-21(26)14-18)33(30,31)23-12-8-20(25)9-13-23/h3-14,17H,15-16H2,1-2H3,(H,27,29)/t17-/m0/s1. The smallest absolute Gasteiger partial charge is 0.243 e. The molecule has 0 fully saturated rings. The van der Waals surface area contributed by atoms with Gasteiger partial charge in [-0.15, -0.1) is 0 Å². The first-order valence-corrected chi connectivity index (χ1v) is 12.3. The molecule has 0 saturated carbocycles. The number of sulfonamides is 1. The lowest BCUT2D eigenvalue weighted by atomic mass is 10.1. The first-order chi connectivity index (χ1) is 15.7. The number of methoxy groups -OCH3 is 1. The minimum Gasteiger partial charge on any atom is -0.497 e. The molecule has 33 heavy (non-hydrogen) atoms. The number of carbonyl (C=O) groups excluding carboxylic acids is 1. The quantitative estimate of drug-likeness (QED) is 0.439. The van der Waals surface area contributed by atoms with Crippen LogP contribution in [0.1, 0.15) is 24.1 Å². The molecule has 1 atom stereocenters. The second-order valence-corrected chi connectivity index (χ2v) is 10.2. The van der Waals surface area contributed by atoms with Gasteiger partial charge in [0.05, 0.1) is 24.6 Å². The van der Waals surface area contributed by atoms with Gasteiger partial charge in [0.25, 0.3) is 0 Å². The minimum atomic E-state index is -3.98. The Kier molecular flexibility index (Phi) is 8.37. The van der Waals surface area contributed by atoms with Crippen LogP contribution in [0.3, 0.4) is 0 Å².